The molecule has 0 aliphatic rings. The number of hydrogen-bond acceptors (Lipinski definition) is 5. The van der Waals surface area contributed by atoms with E-state index in [1.165, 1.54) is 18.4 Å². The van der Waals surface area contributed by atoms with E-state index in [-0.39, 0.29) is 24.2 Å². The molecule has 16 heavy (non-hydrogen) atoms. The summed E-state index contributed by atoms with van der Waals surface area (Å²) in [4.78, 5) is 26.0. The molecule has 0 unspecified atom stereocenters. The van der Waals surface area contributed by atoms with E-state index in [1.807, 2.05) is 0 Å². The maximum Gasteiger partial charge on any atom is 0.311 e. The number of hydrogen-bond donors (Lipinski definition) is 1. The van der Waals surface area contributed by atoms with Gasteiger partial charge in [0, 0.05) is 5.38 Å². The Bertz CT molecular complexity index is 381. The number of alkyl halides is 1. The first-order valence-electron chi connectivity index (χ1n) is 4.48. The second-order valence-corrected chi connectivity index (χ2v) is 4.11. The molecule has 0 aliphatic carbocycles. The van der Waals surface area contributed by atoms with Gasteiger partial charge in [0.15, 0.2) is 0 Å². The number of aromatic nitrogens is 1. The summed E-state index contributed by atoms with van der Waals surface area (Å²) < 4.78 is 4.52. The summed E-state index contributed by atoms with van der Waals surface area (Å²) in [6.07, 6.45) is 0.149. The number of ether oxygens (including phenoxy) is 1. The van der Waals surface area contributed by atoms with E-state index in [0.29, 0.717) is 12.2 Å². The molecule has 0 spiro atoms. The van der Waals surface area contributed by atoms with Crippen molar-refractivity contribution in [2.45, 2.75) is 13.0 Å². The van der Waals surface area contributed by atoms with Crippen LogP contribution in [0.3, 0.4) is 0 Å². The first-order chi connectivity index (χ1) is 7.65. The van der Waals surface area contributed by atoms with Gasteiger partial charge in [-0.05, 0) is 0 Å². The first kappa shape index (κ1) is 12.9. The molecule has 5 nitrogen and oxygen atoms in total. The van der Waals surface area contributed by atoms with Crippen molar-refractivity contribution in [1.82, 2.24) is 10.3 Å². The molecule has 0 radical (unpaired) electrons. The minimum absolute atomic E-state index is 0.0691. The van der Waals surface area contributed by atoms with Crippen LogP contribution in [0.25, 0.3) is 0 Å². The molecule has 7 heteroatoms. The Morgan fingerprint density at radius 1 is 1.62 bits per heavy atom. The fourth-order valence-electron chi connectivity index (χ4n) is 0.953. The Kier molecular flexibility index (Phi) is 5.21. The van der Waals surface area contributed by atoms with Crippen LogP contribution in [-0.2, 0) is 27.3 Å². The molecule has 1 aromatic rings. The number of rotatable bonds is 5. The smallest absolute Gasteiger partial charge is 0.311 e. The number of thiazole rings is 1. The Balaban J connectivity index is 2.45. The third-order valence-corrected chi connectivity index (χ3v) is 2.85. The molecule has 0 aromatic carbocycles. The molecule has 0 aliphatic heterocycles. The maximum absolute atomic E-state index is 11.0. The van der Waals surface area contributed by atoms with E-state index in [2.05, 4.69) is 15.0 Å². The molecule has 1 amide bonds. The highest BCUT2D eigenvalue weighted by Gasteiger charge is 2.08. The largest absolute Gasteiger partial charge is 0.469 e. The molecule has 0 saturated carbocycles. The molecule has 88 valence electrons. The maximum atomic E-state index is 11.0. The van der Waals surface area contributed by atoms with Crippen LogP contribution in [0.15, 0.2) is 5.38 Å². The van der Waals surface area contributed by atoms with Crippen molar-refractivity contribution in [3.8, 4) is 0 Å². The summed E-state index contributed by atoms with van der Waals surface area (Å²) in [5.41, 5.74) is 0.645. The zero-order valence-electron chi connectivity index (χ0n) is 8.66. The summed E-state index contributed by atoms with van der Waals surface area (Å²) in [7, 11) is 1.33. The Morgan fingerprint density at radius 3 is 3.00 bits per heavy atom. The van der Waals surface area contributed by atoms with Crippen molar-refractivity contribution < 1.29 is 14.3 Å². The normalized spacial score (nSPS) is 9.88. The highest BCUT2D eigenvalue weighted by atomic mass is 35.5. The lowest BCUT2D eigenvalue weighted by molar-refractivity contribution is -0.139. The topological polar surface area (TPSA) is 68.3 Å². The van der Waals surface area contributed by atoms with Crippen molar-refractivity contribution in [1.29, 1.82) is 0 Å². The third-order valence-electron chi connectivity index (χ3n) is 1.71. The van der Waals surface area contributed by atoms with Crippen molar-refractivity contribution in [2.75, 3.05) is 13.0 Å². The predicted octanol–water partition coefficient (Wildman–Crippen LogP) is 0.714. The number of methoxy groups -OCH3 is 1. The first-order valence-corrected chi connectivity index (χ1v) is 5.90. The highest BCUT2D eigenvalue weighted by Crippen LogP contribution is 2.10. The minimum atomic E-state index is -0.332. The average Bonchev–Trinajstić information content (AvgIpc) is 2.73. The lowest BCUT2D eigenvalue weighted by Crippen LogP contribution is -2.23. The molecule has 1 heterocycles. The standard InChI is InChI=1S/C9H11ClN2O3S/c1-15-9(14)2-6-5-16-8(12-6)4-11-7(13)3-10/h5H,2-4H2,1H3,(H,11,13). The monoisotopic (exact) mass is 262 g/mol. The van der Waals surface area contributed by atoms with Gasteiger partial charge in [-0.3, -0.25) is 9.59 Å². The van der Waals surface area contributed by atoms with Crippen molar-refractivity contribution in [3.05, 3.63) is 16.1 Å². The lowest BCUT2D eigenvalue weighted by atomic mass is 10.3. The second kappa shape index (κ2) is 6.44. The number of carbonyl (C=O) groups is 2. The summed E-state index contributed by atoms with van der Waals surface area (Å²) in [5.74, 6) is -0.645. The lowest BCUT2D eigenvalue weighted by Gasteiger charge is -1.98. The van der Waals surface area contributed by atoms with Crippen molar-refractivity contribution >= 4 is 34.8 Å². The van der Waals surface area contributed by atoms with Gasteiger partial charge in [0.1, 0.15) is 10.9 Å². The summed E-state index contributed by atoms with van der Waals surface area (Å²) in [6, 6.07) is 0. The van der Waals surface area contributed by atoms with Gasteiger partial charge < -0.3 is 10.1 Å². The molecule has 0 atom stereocenters. The molecule has 1 N–H and O–H groups in total. The highest BCUT2D eigenvalue weighted by molar-refractivity contribution is 7.09. The minimum Gasteiger partial charge on any atom is -0.469 e. The zero-order valence-corrected chi connectivity index (χ0v) is 10.2. The van der Waals surface area contributed by atoms with E-state index in [4.69, 9.17) is 11.6 Å². The molecular formula is C9H11ClN2O3S. The van der Waals surface area contributed by atoms with Crippen LogP contribution < -0.4 is 5.32 Å². The van der Waals surface area contributed by atoms with Gasteiger partial charge in [-0.2, -0.15) is 0 Å². The number of nitrogens with one attached hydrogen (secondary N) is 1. The summed E-state index contributed by atoms with van der Waals surface area (Å²) in [6.45, 7) is 0.331. The molecule has 1 rings (SSSR count). The molecular weight excluding hydrogens is 252 g/mol. The van der Waals surface area contributed by atoms with Gasteiger partial charge in [0.25, 0.3) is 0 Å². The van der Waals surface area contributed by atoms with E-state index >= 15 is 0 Å². The molecule has 1 aromatic heterocycles. The number of amides is 1. The van der Waals surface area contributed by atoms with E-state index in [0.717, 1.165) is 5.01 Å². The number of halogens is 1. The van der Waals surface area contributed by atoms with Crippen LogP contribution in [0.2, 0.25) is 0 Å². The fraction of sp³-hybridized carbons (Fsp3) is 0.444. The average molecular weight is 263 g/mol. The van der Waals surface area contributed by atoms with Crippen LogP contribution in [0, 0.1) is 0 Å². The Hall–Kier alpha value is -1.14. The SMILES string of the molecule is COC(=O)Cc1csc(CNC(=O)CCl)n1. The van der Waals surface area contributed by atoms with E-state index in [1.54, 1.807) is 5.38 Å². The van der Waals surface area contributed by atoms with Crippen LogP contribution in [0.1, 0.15) is 10.7 Å². The summed E-state index contributed by atoms with van der Waals surface area (Å²) >= 11 is 6.70. The van der Waals surface area contributed by atoms with Crippen LogP contribution in [-0.4, -0.2) is 29.9 Å². The zero-order chi connectivity index (χ0) is 12.0. The Labute approximate surface area is 102 Å². The van der Waals surface area contributed by atoms with Gasteiger partial charge in [-0.25, -0.2) is 4.98 Å². The molecule has 0 saturated heterocycles. The number of nitrogens with zero attached hydrogens (tertiary/aromatic N) is 1. The van der Waals surface area contributed by atoms with Crippen molar-refractivity contribution in [3.63, 3.8) is 0 Å². The van der Waals surface area contributed by atoms with Gasteiger partial charge in [0.05, 0.1) is 25.8 Å². The number of carbonyl (C=O) groups excluding carboxylic acids is 2. The molecule has 0 bridgehead atoms. The van der Waals surface area contributed by atoms with Gasteiger partial charge in [-0.1, -0.05) is 0 Å². The molecule has 0 fully saturated rings. The summed E-state index contributed by atoms with van der Waals surface area (Å²) in [5, 5.41) is 5.09. The van der Waals surface area contributed by atoms with Gasteiger partial charge in [-0.15, -0.1) is 22.9 Å². The number of esters is 1. The van der Waals surface area contributed by atoms with E-state index < -0.39 is 0 Å². The Morgan fingerprint density at radius 2 is 2.38 bits per heavy atom. The van der Waals surface area contributed by atoms with Crippen LogP contribution >= 0.6 is 22.9 Å². The van der Waals surface area contributed by atoms with Crippen LogP contribution in [0.5, 0.6) is 0 Å². The predicted molar refractivity (Wildman–Crippen MR) is 60.4 cm³/mol. The fourth-order valence-corrected chi connectivity index (χ4v) is 1.78. The second-order valence-electron chi connectivity index (χ2n) is 2.90. The van der Waals surface area contributed by atoms with Gasteiger partial charge >= 0.3 is 5.97 Å². The van der Waals surface area contributed by atoms with E-state index in [9.17, 15) is 9.59 Å². The van der Waals surface area contributed by atoms with Gasteiger partial charge in [0.2, 0.25) is 5.91 Å². The third kappa shape index (κ3) is 4.16. The quantitative estimate of drug-likeness (QED) is 0.627. The van der Waals surface area contributed by atoms with Crippen molar-refractivity contribution in [2.24, 2.45) is 0 Å². The van der Waals surface area contributed by atoms with Crippen LogP contribution in [0.4, 0.5) is 0 Å².